The second kappa shape index (κ2) is 9.22. The van der Waals surface area contributed by atoms with Crippen molar-refractivity contribution in [3.05, 3.63) is 53.3 Å². The number of carbonyl (C=O) groups excluding carboxylic acids is 2. The molecule has 1 aromatic heterocycles. The lowest BCUT2D eigenvalue weighted by Gasteiger charge is -2.19. The van der Waals surface area contributed by atoms with Crippen molar-refractivity contribution in [1.82, 2.24) is 20.4 Å². The van der Waals surface area contributed by atoms with Gasteiger partial charge in [0, 0.05) is 31.0 Å². The summed E-state index contributed by atoms with van der Waals surface area (Å²) in [6, 6.07) is 11.5. The molecule has 2 aliphatic rings. The van der Waals surface area contributed by atoms with Crippen LogP contribution in [0.15, 0.2) is 36.4 Å². The highest BCUT2D eigenvalue weighted by molar-refractivity contribution is 5.98. The summed E-state index contributed by atoms with van der Waals surface area (Å²) in [5.41, 5.74) is 1.71. The Morgan fingerprint density at radius 2 is 1.83 bits per heavy atom. The van der Waals surface area contributed by atoms with E-state index in [1.807, 2.05) is 51.1 Å². The van der Waals surface area contributed by atoms with Crippen LogP contribution in [0.25, 0.3) is 0 Å². The van der Waals surface area contributed by atoms with E-state index in [0.717, 1.165) is 12.0 Å². The molecule has 1 aromatic carbocycles. The van der Waals surface area contributed by atoms with E-state index in [1.165, 1.54) is 0 Å². The molecule has 1 saturated heterocycles. The fraction of sp³-hybridized carbons (Fsp3) is 0.500. The first-order valence-electron chi connectivity index (χ1n) is 10.4. The van der Waals surface area contributed by atoms with Gasteiger partial charge in [-0.05, 0) is 12.0 Å². The minimum absolute atomic E-state index is 0.118. The summed E-state index contributed by atoms with van der Waals surface area (Å²) < 4.78 is 7.07. The van der Waals surface area contributed by atoms with Crippen LogP contribution in [0.3, 0.4) is 0 Å². The van der Waals surface area contributed by atoms with Crippen LogP contribution in [0.4, 0.5) is 0 Å². The van der Waals surface area contributed by atoms with Crippen LogP contribution in [0.5, 0.6) is 0 Å². The first kappa shape index (κ1) is 21.0. The number of hydrogen-bond acceptors (Lipinski definition) is 4. The Labute approximate surface area is 171 Å². The maximum absolute atomic E-state index is 13.0. The molecule has 3 atom stereocenters. The Balaban J connectivity index is 0.00000117. The molecule has 2 heterocycles. The van der Waals surface area contributed by atoms with E-state index < -0.39 is 0 Å². The molecule has 156 valence electrons. The second-order valence-electron chi connectivity index (χ2n) is 7.14. The average Bonchev–Trinajstić information content (AvgIpc) is 3.14. The summed E-state index contributed by atoms with van der Waals surface area (Å²) >= 11 is 0. The number of nitrogens with one attached hydrogen (secondary N) is 2. The topological polar surface area (TPSA) is 85.2 Å². The molecule has 1 saturated carbocycles. The third-order valence-electron chi connectivity index (χ3n) is 5.54. The van der Waals surface area contributed by atoms with E-state index in [-0.39, 0.29) is 29.6 Å². The van der Waals surface area contributed by atoms with Crippen molar-refractivity contribution >= 4 is 11.8 Å². The maximum atomic E-state index is 13.0. The minimum atomic E-state index is -0.303. The van der Waals surface area contributed by atoms with Gasteiger partial charge in [-0.15, -0.1) is 0 Å². The van der Waals surface area contributed by atoms with Gasteiger partial charge in [0.25, 0.3) is 11.8 Å². The molecule has 4 rings (SSSR count). The highest BCUT2D eigenvalue weighted by Gasteiger charge is 2.55. The Hall–Kier alpha value is -2.67. The van der Waals surface area contributed by atoms with Gasteiger partial charge in [-0.25, -0.2) is 0 Å². The van der Waals surface area contributed by atoms with Gasteiger partial charge in [-0.2, -0.15) is 5.10 Å². The smallest absolute Gasteiger partial charge is 0.271 e. The molecule has 1 aliphatic heterocycles. The first-order chi connectivity index (χ1) is 14.1. The van der Waals surface area contributed by atoms with E-state index in [4.69, 9.17) is 4.74 Å². The average molecular weight is 399 g/mol. The molecule has 0 spiro atoms. The number of amides is 2. The molecule has 2 aromatic rings. The van der Waals surface area contributed by atoms with Gasteiger partial charge in [0.2, 0.25) is 0 Å². The largest absolute Gasteiger partial charge is 0.381 e. The van der Waals surface area contributed by atoms with Gasteiger partial charge < -0.3 is 15.4 Å². The summed E-state index contributed by atoms with van der Waals surface area (Å²) in [6.45, 7) is 7.46. The molecule has 7 nitrogen and oxygen atoms in total. The Kier molecular flexibility index (Phi) is 6.69. The number of aromatic nitrogens is 2. The quantitative estimate of drug-likeness (QED) is 0.783. The van der Waals surface area contributed by atoms with Crippen molar-refractivity contribution < 1.29 is 14.3 Å². The van der Waals surface area contributed by atoms with Crippen LogP contribution < -0.4 is 10.6 Å². The Morgan fingerprint density at radius 3 is 2.41 bits per heavy atom. The first-order valence-corrected chi connectivity index (χ1v) is 10.4. The van der Waals surface area contributed by atoms with Crippen LogP contribution in [-0.4, -0.2) is 47.9 Å². The summed E-state index contributed by atoms with van der Waals surface area (Å²) in [4.78, 5) is 25.1. The molecule has 2 N–H and O–H groups in total. The normalized spacial score (nSPS) is 22.7. The monoisotopic (exact) mass is 398 g/mol. The highest BCUT2D eigenvalue weighted by Crippen LogP contribution is 2.44. The third-order valence-corrected chi connectivity index (χ3v) is 5.54. The number of hydrogen-bond donors (Lipinski definition) is 2. The van der Waals surface area contributed by atoms with Gasteiger partial charge in [0.1, 0.15) is 5.69 Å². The van der Waals surface area contributed by atoms with Crippen molar-refractivity contribution in [2.75, 3.05) is 20.3 Å². The van der Waals surface area contributed by atoms with Crippen molar-refractivity contribution in [3.63, 3.8) is 0 Å². The van der Waals surface area contributed by atoms with Crippen LogP contribution in [-0.2, 0) is 4.74 Å². The molecule has 2 amide bonds. The molecular formula is C22H30N4O3. The maximum Gasteiger partial charge on any atom is 0.271 e. The predicted molar refractivity (Wildman–Crippen MR) is 111 cm³/mol. The summed E-state index contributed by atoms with van der Waals surface area (Å²) in [5.74, 6) is 0.341. The van der Waals surface area contributed by atoms with Gasteiger partial charge in [0.15, 0.2) is 5.69 Å². The predicted octanol–water partition coefficient (Wildman–Crippen LogP) is 2.64. The SMILES string of the molecule is CC.CCC(c1ccccc1)n1nc(C(=O)NC)cc1C(=O)NC1C2COCC21. The Morgan fingerprint density at radius 1 is 1.17 bits per heavy atom. The summed E-state index contributed by atoms with van der Waals surface area (Å²) in [7, 11) is 1.56. The fourth-order valence-corrected chi connectivity index (χ4v) is 3.94. The molecule has 2 fully saturated rings. The molecule has 1 aliphatic carbocycles. The van der Waals surface area contributed by atoms with E-state index in [2.05, 4.69) is 15.7 Å². The number of fused-ring (bicyclic) bond motifs is 1. The molecule has 0 bridgehead atoms. The molecule has 7 heteroatoms. The van der Waals surface area contributed by atoms with Crippen LogP contribution in [0.2, 0.25) is 0 Å². The van der Waals surface area contributed by atoms with Gasteiger partial charge in [-0.3, -0.25) is 14.3 Å². The van der Waals surface area contributed by atoms with Crippen molar-refractivity contribution in [2.24, 2.45) is 11.8 Å². The molecule has 3 unspecified atom stereocenters. The lowest BCUT2D eigenvalue weighted by atomic mass is 10.0. The minimum Gasteiger partial charge on any atom is -0.381 e. The van der Waals surface area contributed by atoms with Crippen LogP contribution in [0.1, 0.15) is 59.8 Å². The fourth-order valence-electron chi connectivity index (χ4n) is 3.94. The van der Waals surface area contributed by atoms with Gasteiger partial charge in [0.05, 0.1) is 19.3 Å². The molecule has 29 heavy (non-hydrogen) atoms. The number of benzene rings is 1. The lowest BCUT2D eigenvalue weighted by molar-refractivity contribution is 0.0914. The van der Waals surface area contributed by atoms with Crippen molar-refractivity contribution in [2.45, 2.75) is 39.3 Å². The van der Waals surface area contributed by atoms with E-state index in [9.17, 15) is 9.59 Å². The van der Waals surface area contributed by atoms with E-state index in [1.54, 1.807) is 17.8 Å². The number of nitrogens with zero attached hydrogens (tertiary/aromatic N) is 2. The number of ether oxygens (including phenoxy) is 1. The molecular weight excluding hydrogens is 368 g/mol. The number of rotatable bonds is 6. The zero-order valence-corrected chi connectivity index (χ0v) is 17.5. The van der Waals surface area contributed by atoms with Gasteiger partial charge >= 0.3 is 0 Å². The second-order valence-corrected chi connectivity index (χ2v) is 7.14. The van der Waals surface area contributed by atoms with E-state index in [0.29, 0.717) is 30.7 Å². The van der Waals surface area contributed by atoms with Crippen molar-refractivity contribution in [1.29, 1.82) is 0 Å². The zero-order valence-electron chi connectivity index (χ0n) is 17.5. The van der Waals surface area contributed by atoms with E-state index >= 15 is 0 Å². The van der Waals surface area contributed by atoms with Crippen LogP contribution in [0, 0.1) is 11.8 Å². The molecule has 0 radical (unpaired) electrons. The summed E-state index contributed by atoms with van der Waals surface area (Å²) in [6.07, 6.45) is 0.752. The highest BCUT2D eigenvalue weighted by atomic mass is 16.5. The lowest BCUT2D eigenvalue weighted by Crippen LogP contribution is -2.32. The van der Waals surface area contributed by atoms with Gasteiger partial charge in [-0.1, -0.05) is 51.1 Å². The zero-order chi connectivity index (χ0) is 21.0. The van der Waals surface area contributed by atoms with Crippen molar-refractivity contribution in [3.8, 4) is 0 Å². The third kappa shape index (κ3) is 4.19. The van der Waals surface area contributed by atoms with Crippen LogP contribution >= 0.6 is 0 Å². The Bertz CT molecular complexity index is 839. The summed E-state index contributed by atoms with van der Waals surface area (Å²) in [5, 5.41) is 10.2. The number of carbonyl (C=O) groups is 2. The standard InChI is InChI=1S/C20H24N4O3.C2H6/c1-3-16(12-7-5-4-6-8-12)24-17(9-15(23-24)19(25)21-2)20(26)22-18-13-10-27-11-14(13)18;1-2/h4-9,13-14,16,18H,3,10-11H2,1-2H3,(H,21,25)(H,22,26);1-2H3.